The summed E-state index contributed by atoms with van der Waals surface area (Å²) in [6.07, 6.45) is 1.50. The Morgan fingerprint density at radius 1 is 1.80 bits per heavy atom. The molecule has 56 valence electrons. The van der Waals surface area contributed by atoms with E-state index in [2.05, 4.69) is 4.74 Å². The van der Waals surface area contributed by atoms with Crippen LogP contribution in [0.2, 0.25) is 0 Å². The van der Waals surface area contributed by atoms with Gasteiger partial charge in [0, 0.05) is 0 Å². The fourth-order valence-electron chi connectivity index (χ4n) is 1.18. The van der Waals surface area contributed by atoms with Gasteiger partial charge in [-0.3, -0.25) is 4.79 Å². The molecule has 2 atom stereocenters. The summed E-state index contributed by atoms with van der Waals surface area (Å²) in [7, 11) is 0. The molecule has 0 unspecified atom stereocenters. The molecule has 0 aliphatic carbocycles. The minimum Gasteiger partial charge on any atom is -0.465 e. The molecule has 1 saturated heterocycles. The average molecular weight is 142 g/mol. The summed E-state index contributed by atoms with van der Waals surface area (Å²) in [5.74, 6) is -0.602. The van der Waals surface area contributed by atoms with Gasteiger partial charge in [0.15, 0.2) is 0 Å². The molecule has 3 heteroatoms. The van der Waals surface area contributed by atoms with Gasteiger partial charge in [0.1, 0.15) is 12.9 Å². The van der Waals surface area contributed by atoms with Gasteiger partial charge >= 0.3 is 5.97 Å². The van der Waals surface area contributed by atoms with E-state index in [1.54, 1.807) is 0 Å². The monoisotopic (exact) mass is 142 g/mol. The number of ether oxygens (including phenoxy) is 1. The molecule has 0 N–H and O–H groups in total. The zero-order chi connectivity index (χ0) is 7.56. The molecule has 1 aliphatic heterocycles. The van der Waals surface area contributed by atoms with Crippen LogP contribution in [-0.2, 0) is 14.3 Å². The Morgan fingerprint density at radius 2 is 2.50 bits per heavy atom. The second kappa shape index (κ2) is 2.82. The third-order valence-electron chi connectivity index (χ3n) is 1.85. The number of hydrogen-bond donors (Lipinski definition) is 0. The van der Waals surface area contributed by atoms with Crippen LogP contribution in [0.25, 0.3) is 0 Å². The first-order chi connectivity index (χ1) is 4.79. The average Bonchev–Trinajstić information content (AvgIpc) is 2.30. The van der Waals surface area contributed by atoms with Crippen LogP contribution in [0.3, 0.4) is 0 Å². The number of carbonyl (C=O) groups is 2. The minimum atomic E-state index is -0.223. The first-order valence-electron chi connectivity index (χ1n) is 3.41. The first-order valence-corrected chi connectivity index (χ1v) is 3.41. The normalized spacial score (nSPS) is 31.9. The maximum absolute atomic E-state index is 10.8. The van der Waals surface area contributed by atoms with Crippen molar-refractivity contribution in [3.63, 3.8) is 0 Å². The maximum atomic E-state index is 10.8. The Morgan fingerprint density at radius 3 is 2.90 bits per heavy atom. The lowest BCUT2D eigenvalue weighted by molar-refractivity contribution is -0.141. The molecule has 0 saturated carbocycles. The molecule has 0 bridgehead atoms. The van der Waals surface area contributed by atoms with Gasteiger partial charge in [-0.25, -0.2) is 0 Å². The number of esters is 1. The highest BCUT2D eigenvalue weighted by Crippen LogP contribution is 2.22. The second-order valence-electron chi connectivity index (χ2n) is 2.44. The number of hydrogen-bond acceptors (Lipinski definition) is 3. The summed E-state index contributed by atoms with van der Waals surface area (Å²) in [5.41, 5.74) is 0. The summed E-state index contributed by atoms with van der Waals surface area (Å²) in [5, 5.41) is 0. The summed E-state index contributed by atoms with van der Waals surface area (Å²) in [4.78, 5) is 21.1. The Balaban J connectivity index is 2.62. The van der Waals surface area contributed by atoms with Gasteiger partial charge in [-0.2, -0.15) is 0 Å². The van der Waals surface area contributed by atoms with Crippen LogP contribution in [0.5, 0.6) is 0 Å². The van der Waals surface area contributed by atoms with Crippen molar-refractivity contribution >= 4 is 12.3 Å². The molecular formula is C7H10O3. The number of aldehydes is 1. The topological polar surface area (TPSA) is 43.4 Å². The molecule has 3 nitrogen and oxygen atoms in total. The van der Waals surface area contributed by atoms with Gasteiger partial charge in [-0.05, 0) is 6.42 Å². The highest BCUT2D eigenvalue weighted by atomic mass is 16.5. The zero-order valence-corrected chi connectivity index (χ0v) is 5.87. The highest BCUT2D eigenvalue weighted by Gasteiger charge is 2.34. The highest BCUT2D eigenvalue weighted by molar-refractivity contribution is 5.79. The molecule has 0 aromatic carbocycles. The van der Waals surface area contributed by atoms with E-state index < -0.39 is 0 Å². The maximum Gasteiger partial charge on any atom is 0.309 e. The van der Waals surface area contributed by atoms with Crippen molar-refractivity contribution < 1.29 is 14.3 Å². The summed E-state index contributed by atoms with van der Waals surface area (Å²) >= 11 is 0. The SMILES string of the molecule is CC[C@@H]1C(=O)OC[C@@H]1C=O. The largest absolute Gasteiger partial charge is 0.465 e. The number of carbonyl (C=O) groups excluding carboxylic acids is 2. The third kappa shape index (κ3) is 1.03. The van der Waals surface area contributed by atoms with E-state index in [0.717, 1.165) is 6.29 Å². The minimum absolute atomic E-state index is 0.183. The molecule has 0 spiro atoms. The van der Waals surface area contributed by atoms with E-state index in [-0.39, 0.29) is 24.4 Å². The van der Waals surface area contributed by atoms with Crippen LogP contribution < -0.4 is 0 Å². The van der Waals surface area contributed by atoms with E-state index in [0.29, 0.717) is 6.42 Å². The fraction of sp³-hybridized carbons (Fsp3) is 0.714. The van der Waals surface area contributed by atoms with Crippen molar-refractivity contribution in [1.82, 2.24) is 0 Å². The fourth-order valence-corrected chi connectivity index (χ4v) is 1.18. The van der Waals surface area contributed by atoms with Crippen LogP contribution in [0, 0.1) is 11.8 Å². The Labute approximate surface area is 59.4 Å². The lowest BCUT2D eigenvalue weighted by Crippen LogP contribution is -2.15. The van der Waals surface area contributed by atoms with Crippen LogP contribution >= 0.6 is 0 Å². The Hall–Kier alpha value is -0.860. The summed E-state index contributed by atoms with van der Waals surface area (Å²) < 4.78 is 4.69. The predicted octanol–water partition coefficient (Wildman–Crippen LogP) is 0.385. The summed E-state index contributed by atoms with van der Waals surface area (Å²) in [6.45, 7) is 2.16. The van der Waals surface area contributed by atoms with Gasteiger partial charge in [0.25, 0.3) is 0 Å². The standard InChI is InChI=1S/C7H10O3/c1-2-6-5(3-8)4-10-7(6)9/h3,5-6H,2,4H2,1H3/t5-,6-/m0/s1. The van der Waals surface area contributed by atoms with Gasteiger partial charge in [0.05, 0.1) is 11.8 Å². The predicted molar refractivity (Wildman–Crippen MR) is 34.3 cm³/mol. The zero-order valence-electron chi connectivity index (χ0n) is 5.87. The number of rotatable bonds is 2. The second-order valence-corrected chi connectivity index (χ2v) is 2.44. The van der Waals surface area contributed by atoms with Crippen molar-refractivity contribution in [2.45, 2.75) is 13.3 Å². The van der Waals surface area contributed by atoms with E-state index >= 15 is 0 Å². The van der Waals surface area contributed by atoms with Crippen LogP contribution in [0.15, 0.2) is 0 Å². The van der Waals surface area contributed by atoms with Gasteiger partial charge < -0.3 is 9.53 Å². The van der Waals surface area contributed by atoms with E-state index in [1.807, 2.05) is 6.92 Å². The van der Waals surface area contributed by atoms with Crippen LogP contribution in [0.4, 0.5) is 0 Å². The molecule has 1 rings (SSSR count). The third-order valence-corrected chi connectivity index (χ3v) is 1.85. The molecule has 0 amide bonds. The van der Waals surface area contributed by atoms with Crippen molar-refractivity contribution in [1.29, 1.82) is 0 Å². The molecular weight excluding hydrogens is 132 g/mol. The molecule has 10 heavy (non-hydrogen) atoms. The van der Waals surface area contributed by atoms with E-state index in [4.69, 9.17) is 0 Å². The van der Waals surface area contributed by atoms with Crippen LogP contribution in [0.1, 0.15) is 13.3 Å². The Bertz CT molecular complexity index is 153. The lowest BCUT2D eigenvalue weighted by atomic mass is 9.95. The van der Waals surface area contributed by atoms with Crippen molar-refractivity contribution in [3.8, 4) is 0 Å². The van der Waals surface area contributed by atoms with Gasteiger partial charge in [-0.1, -0.05) is 6.92 Å². The molecule has 0 aromatic heterocycles. The smallest absolute Gasteiger partial charge is 0.309 e. The van der Waals surface area contributed by atoms with Crippen molar-refractivity contribution in [2.75, 3.05) is 6.61 Å². The molecule has 1 heterocycles. The van der Waals surface area contributed by atoms with Crippen molar-refractivity contribution in [3.05, 3.63) is 0 Å². The lowest BCUT2D eigenvalue weighted by Gasteiger charge is -2.03. The Kier molecular flexibility index (Phi) is 2.04. The summed E-state index contributed by atoms with van der Waals surface area (Å²) in [6, 6.07) is 0. The molecule has 1 fully saturated rings. The van der Waals surface area contributed by atoms with E-state index in [9.17, 15) is 9.59 Å². The molecule has 0 aromatic rings. The number of cyclic esters (lactones) is 1. The van der Waals surface area contributed by atoms with Crippen molar-refractivity contribution in [2.24, 2.45) is 11.8 Å². The quantitative estimate of drug-likeness (QED) is 0.413. The van der Waals surface area contributed by atoms with E-state index in [1.165, 1.54) is 0 Å². The van der Waals surface area contributed by atoms with Gasteiger partial charge in [-0.15, -0.1) is 0 Å². The first kappa shape index (κ1) is 7.25. The van der Waals surface area contributed by atoms with Crippen LogP contribution in [-0.4, -0.2) is 18.9 Å². The van der Waals surface area contributed by atoms with Gasteiger partial charge in [0.2, 0.25) is 0 Å². The molecule has 0 radical (unpaired) electrons. The molecule has 1 aliphatic rings.